The standard InChI is InChI=1S/C32H37N3O2/c1-21-29-18-25-9-10-26(17-28(25)32(21,2)14-16-35(29)20-23-3-4-23)31(37)33-15-13-22-5-7-24(8-6-22)27-11-12-30(36)34-19-27/h5-12,17,19,21,23,29H,3-4,13-16,18,20H2,1-2H3,(H,33,37)(H,34,36)/t21-,29+,32-/m0/s1. The van der Waals surface area contributed by atoms with Gasteiger partial charge in [0.2, 0.25) is 5.88 Å². The van der Waals surface area contributed by atoms with Gasteiger partial charge < -0.3 is 10.4 Å². The van der Waals surface area contributed by atoms with Crippen LogP contribution in [0.2, 0.25) is 0 Å². The van der Waals surface area contributed by atoms with E-state index in [0.29, 0.717) is 18.5 Å². The Morgan fingerprint density at radius 3 is 2.62 bits per heavy atom. The van der Waals surface area contributed by atoms with Gasteiger partial charge in [0.25, 0.3) is 5.91 Å². The fourth-order valence-electron chi connectivity index (χ4n) is 6.55. The van der Waals surface area contributed by atoms with Crippen LogP contribution in [0, 0.1) is 11.8 Å². The van der Waals surface area contributed by atoms with Crippen LogP contribution in [0.1, 0.15) is 60.2 Å². The lowest BCUT2D eigenvalue weighted by Gasteiger charge is -2.55. The van der Waals surface area contributed by atoms with Gasteiger partial charge in [-0.3, -0.25) is 9.69 Å². The normalized spacial score (nSPS) is 24.9. The molecule has 5 heteroatoms. The van der Waals surface area contributed by atoms with Gasteiger partial charge in [-0.15, -0.1) is 0 Å². The highest BCUT2D eigenvalue weighted by Gasteiger charge is 2.49. The quantitative estimate of drug-likeness (QED) is 0.463. The Labute approximate surface area is 219 Å². The maximum Gasteiger partial charge on any atom is 0.251 e. The van der Waals surface area contributed by atoms with Crippen LogP contribution in [0.5, 0.6) is 5.88 Å². The van der Waals surface area contributed by atoms with Gasteiger partial charge in [0, 0.05) is 42.5 Å². The number of hydrogen-bond acceptors (Lipinski definition) is 4. The number of benzene rings is 2. The molecule has 3 atom stereocenters. The van der Waals surface area contributed by atoms with Crippen molar-refractivity contribution in [3.8, 4) is 17.0 Å². The molecule has 2 heterocycles. The van der Waals surface area contributed by atoms with Crippen molar-refractivity contribution in [2.75, 3.05) is 19.6 Å². The Balaban J connectivity index is 1.09. The number of fused-ring (bicyclic) bond motifs is 4. The molecule has 1 aromatic heterocycles. The number of pyridine rings is 1. The Morgan fingerprint density at radius 2 is 1.89 bits per heavy atom. The van der Waals surface area contributed by atoms with E-state index in [1.54, 1.807) is 12.3 Å². The summed E-state index contributed by atoms with van der Waals surface area (Å²) in [5.41, 5.74) is 6.95. The second kappa shape index (κ2) is 9.60. The third kappa shape index (κ3) is 4.77. The molecule has 2 aromatic carbocycles. The van der Waals surface area contributed by atoms with Crippen molar-refractivity contribution in [3.05, 3.63) is 83.0 Å². The molecular weight excluding hydrogens is 458 g/mol. The van der Waals surface area contributed by atoms with E-state index < -0.39 is 0 Å². The van der Waals surface area contributed by atoms with E-state index in [2.05, 4.69) is 65.4 Å². The summed E-state index contributed by atoms with van der Waals surface area (Å²) in [6, 6.07) is 18.8. The highest BCUT2D eigenvalue weighted by molar-refractivity contribution is 5.94. The van der Waals surface area contributed by atoms with E-state index in [4.69, 9.17) is 0 Å². The average molecular weight is 496 g/mol. The monoisotopic (exact) mass is 495 g/mol. The van der Waals surface area contributed by atoms with Crippen LogP contribution in [-0.4, -0.2) is 46.6 Å². The molecule has 0 unspecified atom stereocenters. The number of carbonyl (C=O) groups excluding carboxylic acids is 1. The first-order valence-corrected chi connectivity index (χ1v) is 13.8. The van der Waals surface area contributed by atoms with Gasteiger partial charge in [-0.2, -0.15) is 0 Å². The zero-order chi connectivity index (χ0) is 25.6. The Hall–Kier alpha value is -3.18. The maximum atomic E-state index is 13.1. The summed E-state index contributed by atoms with van der Waals surface area (Å²) in [7, 11) is 0. The number of aromatic hydroxyl groups is 1. The minimum atomic E-state index is 0.0131. The van der Waals surface area contributed by atoms with E-state index in [9.17, 15) is 9.90 Å². The van der Waals surface area contributed by atoms with Gasteiger partial charge in [0.15, 0.2) is 0 Å². The highest BCUT2D eigenvalue weighted by Crippen LogP contribution is 2.49. The second-order valence-corrected chi connectivity index (χ2v) is 11.6. The van der Waals surface area contributed by atoms with Crippen molar-refractivity contribution in [3.63, 3.8) is 0 Å². The van der Waals surface area contributed by atoms with Gasteiger partial charge in [-0.05, 0) is 96.4 Å². The van der Waals surface area contributed by atoms with Gasteiger partial charge in [0.05, 0.1) is 0 Å². The van der Waals surface area contributed by atoms with Crippen LogP contribution < -0.4 is 5.32 Å². The summed E-state index contributed by atoms with van der Waals surface area (Å²) in [6.45, 7) is 7.92. The smallest absolute Gasteiger partial charge is 0.251 e. The number of piperidine rings is 1. The molecule has 1 aliphatic heterocycles. The number of amides is 1. The molecule has 1 saturated carbocycles. The lowest BCUT2D eigenvalue weighted by molar-refractivity contribution is 0.0284. The summed E-state index contributed by atoms with van der Waals surface area (Å²) in [6.07, 6.45) is 7.54. The summed E-state index contributed by atoms with van der Waals surface area (Å²) in [5.74, 6) is 1.57. The molecule has 2 bridgehead atoms. The van der Waals surface area contributed by atoms with Gasteiger partial charge >= 0.3 is 0 Å². The van der Waals surface area contributed by atoms with Crippen molar-refractivity contribution in [1.82, 2.24) is 15.2 Å². The molecule has 3 aliphatic rings. The summed E-state index contributed by atoms with van der Waals surface area (Å²) >= 11 is 0. The summed E-state index contributed by atoms with van der Waals surface area (Å²) in [5, 5.41) is 12.5. The number of aromatic nitrogens is 1. The number of nitrogens with zero attached hydrogens (tertiary/aromatic N) is 2. The summed E-state index contributed by atoms with van der Waals surface area (Å²) in [4.78, 5) is 19.8. The highest BCUT2D eigenvalue weighted by atomic mass is 16.3. The van der Waals surface area contributed by atoms with E-state index in [1.165, 1.54) is 49.0 Å². The van der Waals surface area contributed by atoms with Gasteiger partial charge in [-0.25, -0.2) is 4.98 Å². The summed E-state index contributed by atoms with van der Waals surface area (Å²) < 4.78 is 0. The molecule has 3 aromatic rings. The number of carbonyl (C=O) groups is 1. The molecule has 2 aliphatic carbocycles. The van der Waals surface area contributed by atoms with E-state index in [1.807, 2.05) is 12.1 Å². The molecule has 1 saturated heterocycles. The molecule has 192 valence electrons. The molecule has 1 amide bonds. The van der Waals surface area contributed by atoms with E-state index >= 15 is 0 Å². The van der Waals surface area contributed by atoms with Crippen molar-refractivity contribution in [1.29, 1.82) is 0 Å². The minimum Gasteiger partial charge on any atom is -0.493 e. The van der Waals surface area contributed by atoms with Gasteiger partial charge in [0.1, 0.15) is 0 Å². The molecule has 37 heavy (non-hydrogen) atoms. The molecule has 2 N–H and O–H groups in total. The first kappa shape index (κ1) is 24.2. The van der Waals surface area contributed by atoms with Crippen molar-refractivity contribution < 1.29 is 9.90 Å². The lowest BCUT2D eigenvalue weighted by Crippen LogP contribution is -2.58. The van der Waals surface area contributed by atoms with Crippen molar-refractivity contribution >= 4 is 5.91 Å². The Kier molecular flexibility index (Phi) is 6.28. The predicted molar refractivity (Wildman–Crippen MR) is 147 cm³/mol. The van der Waals surface area contributed by atoms with Gasteiger partial charge in [-0.1, -0.05) is 44.2 Å². The van der Waals surface area contributed by atoms with E-state index in [0.717, 1.165) is 35.4 Å². The van der Waals surface area contributed by atoms with Crippen LogP contribution >= 0.6 is 0 Å². The number of rotatable bonds is 7. The van der Waals surface area contributed by atoms with Crippen molar-refractivity contribution in [2.45, 2.75) is 57.4 Å². The fourth-order valence-corrected chi connectivity index (χ4v) is 6.55. The molecule has 6 rings (SSSR count). The van der Waals surface area contributed by atoms with Crippen LogP contribution in [0.4, 0.5) is 0 Å². The predicted octanol–water partition coefficient (Wildman–Crippen LogP) is 5.36. The largest absolute Gasteiger partial charge is 0.493 e. The number of likely N-dealkylation sites (tertiary alicyclic amines) is 1. The molecule has 0 radical (unpaired) electrons. The maximum absolute atomic E-state index is 13.1. The molecule has 5 nitrogen and oxygen atoms in total. The van der Waals surface area contributed by atoms with Crippen LogP contribution in [0.15, 0.2) is 60.8 Å². The first-order valence-electron chi connectivity index (χ1n) is 13.8. The zero-order valence-electron chi connectivity index (χ0n) is 21.9. The van der Waals surface area contributed by atoms with Crippen LogP contribution in [0.3, 0.4) is 0 Å². The topological polar surface area (TPSA) is 65.5 Å². The van der Waals surface area contributed by atoms with Crippen LogP contribution in [-0.2, 0) is 18.3 Å². The Bertz CT molecular complexity index is 1280. The average Bonchev–Trinajstić information content (AvgIpc) is 3.73. The first-order chi connectivity index (χ1) is 17.9. The Morgan fingerprint density at radius 1 is 1.11 bits per heavy atom. The zero-order valence-corrected chi connectivity index (χ0v) is 21.9. The van der Waals surface area contributed by atoms with Crippen LogP contribution in [0.25, 0.3) is 11.1 Å². The molecule has 2 fully saturated rings. The third-order valence-corrected chi connectivity index (χ3v) is 9.31. The molecule has 0 spiro atoms. The van der Waals surface area contributed by atoms with Crippen molar-refractivity contribution in [2.24, 2.45) is 11.8 Å². The number of nitrogens with one attached hydrogen (secondary N) is 1. The third-order valence-electron chi connectivity index (χ3n) is 9.31. The second-order valence-electron chi connectivity index (χ2n) is 11.6. The van der Waals surface area contributed by atoms with E-state index in [-0.39, 0.29) is 17.2 Å². The minimum absolute atomic E-state index is 0.0131. The molecular formula is C32H37N3O2. The lowest BCUT2D eigenvalue weighted by atomic mass is 9.59. The SMILES string of the molecule is C[C@H]1[C@H]2Cc3ccc(C(=O)NCCc4ccc(-c5ccc(O)nc5)cc4)cc3[C@@]1(C)CCN2CC1CC1. The fraction of sp³-hybridized carbons (Fsp3) is 0.438. The number of hydrogen-bond donors (Lipinski definition) is 2.